The van der Waals surface area contributed by atoms with Gasteiger partial charge in [-0.15, -0.1) is 22.6 Å². The molecule has 1 atom stereocenters. The lowest BCUT2D eigenvalue weighted by atomic mass is 9.84. The summed E-state index contributed by atoms with van der Waals surface area (Å²) in [6.07, 6.45) is 4.81. The molecule has 1 aromatic heterocycles. The number of benzene rings is 1. The standard InChI is InChI=1S/C27H39N5O5S.ClH/c1-19(2)17-22(23(34)25-29-30-26(37-25)38-16-15-31(3)4)32(18-33)27(13-7-6-8-14-27)28-24(35)20-9-11-21(36-5)12-10-20;/h9-12,18-19,22H,6-8,13-17H2,1-5H3,(H,28,35);1H. The van der Waals surface area contributed by atoms with E-state index in [1.54, 1.807) is 31.4 Å². The van der Waals surface area contributed by atoms with Crippen molar-refractivity contribution < 1.29 is 23.5 Å². The van der Waals surface area contributed by atoms with Gasteiger partial charge in [-0.2, -0.15) is 0 Å². The summed E-state index contributed by atoms with van der Waals surface area (Å²) in [7, 11) is 5.51. The first-order valence-corrected chi connectivity index (χ1v) is 14.0. The van der Waals surface area contributed by atoms with Crippen LogP contribution in [-0.4, -0.2) is 83.3 Å². The maximum Gasteiger partial charge on any atom is 0.286 e. The number of nitrogens with one attached hydrogen (secondary N) is 1. The van der Waals surface area contributed by atoms with Crippen LogP contribution in [0, 0.1) is 5.92 Å². The monoisotopic (exact) mass is 581 g/mol. The van der Waals surface area contributed by atoms with E-state index in [4.69, 9.17) is 9.15 Å². The summed E-state index contributed by atoms with van der Waals surface area (Å²) in [5.74, 6) is 0.628. The number of ketones is 1. The molecule has 0 spiro atoms. The lowest BCUT2D eigenvalue weighted by molar-refractivity contribution is -0.129. The van der Waals surface area contributed by atoms with Gasteiger partial charge in [0.15, 0.2) is 0 Å². The van der Waals surface area contributed by atoms with Gasteiger partial charge in [-0.1, -0.05) is 32.0 Å². The molecule has 0 radical (unpaired) electrons. The number of carbonyl (C=O) groups is 3. The van der Waals surface area contributed by atoms with Crippen LogP contribution in [0.25, 0.3) is 0 Å². The van der Waals surface area contributed by atoms with Crippen molar-refractivity contribution in [1.82, 2.24) is 25.3 Å². The fourth-order valence-corrected chi connectivity index (χ4v) is 5.57. The first-order valence-electron chi connectivity index (χ1n) is 13.0. The molecule has 216 valence electrons. The molecule has 39 heavy (non-hydrogen) atoms. The van der Waals surface area contributed by atoms with Crippen LogP contribution >= 0.6 is 24.2 Å². The number of thioether (sulfide) groups is 1. The quantitative estimate of drug-likeness (QED) is 0.151. The Morgan fingerprint density at radius 1 is 1.15 bits per heavy atom. The number of hydrogen-bond acceptors (Lipinski definition) is 9. The number of Topliss-reactive ketones (excluding diaryl/α,β-unsaturated/α-hetero) is 1. The largest absolute Gasteiger partial charge is 0.497 e. The van der Waals surface area contributed by atoms with Gasteiger partial charge < -0.3 is 24.3 Å². The number of methoxy groups -OCH3 is 1. The topological polar surface area (TPSA) is 118 Å². The summed E-state index contributed by atoms with van der Waals surface area (Å²) in [6, 6.07) is 5.94. The molecule has 1 saturated carbocycles. The molecular weight excluding hydrogens is 542 g/mol. The van der Waals surface area contributed by atoms with Crippen molar-refractivity contribution in [2.45, 2.75) is 69.3 Å². The molecule has 1 aliphatic carbocycles. The van der Waals surface area contributed by atoms with Crippen molar-refractivity contribution >= 4 is 42.3 Å². The SMILES string of the molecule is COc1ccc(C(=O)NC2(N(C=O)C(CC(C)C)C(=O)c3nnc(SCCN(C)C)o3)CCCCC2)cc1.Cl. The zero-order valence-electron chi connectivity index (χ0n) is 23.3. The molecule has 0 saturated heterocycles. The van der Waals surface area contributed by atoms with Crippen LogP contribution < -0.4 is 10.1 Å². The summed E-state index contributed by atoms with van der Waals surface area (Å²) in [5, 5.41) is 11.5. The molecule has 2 aromatic rings. The number of nitrogens with zero attached hydrogens (tertiary/aromatic N) is 4. The van der Waals surface area contributed by atoms with E-state index in [0.717, 1.165) is 31.6 Å². The highest BCUT2D eigenvalue weighted by atomic mass is 35.5. The molecule has 12 heteroatoms. The third-order valence-corrected chi connectivity index (χ3v) is 7.50. The number of rotatable bonds is 14. The zero-order valence-corrected chi connectivity index (χ0v) is 25.0. The highest BCUT2D eigenvalue weighted by Crippen LogP contribution is 2.35. The molecule has 10 nitrogen and oxygen atoms in total. The molecule has 1 aliphatic rings. The van der Waals surface area contributed by atoms with Crippen LogP contribution in [0.15, 0.2) is 33.9 Å². The van der Waals surface area contributed by atoms with E-state index in [9.17, 15) is 14.4 Å². The minimum Gasteiger partial charge on any atom is -0.497 e. The molecule has 1 heterocycles. The first kappa shape index (κ1) is 32.6. The Labute approximate surface area is 241 Å². The Bertz CT molecular complexity index is 1070. The Kier molecular flexibility index (Phi) is 12.7. The fourth-order valence-electron chi connectivity index (χ4n) is 4.70. The van der Waals surface area contributed by atoms with E-state index in [1.165, 1.54) is 16.7 Å². The maximum absolute atomic E-state index is 13.7. The average molecular weight is 582 g/mol. The highest BCUT2D eigenvalue weighted by Gasteiger charge is 2.45. The van der Waals surface area contributed by atoms with Gasteiger partial charge in [-0.05, 0) is 76.4 Å². The predicted molar refractivity (Wildman–Crippen MR) is 153 cm³/mol. The lowest BCUT2D eigenvalue weighted by Crippen LogP contribution is -2.65. The van der Waals surface area contributed by atoms with Gasteiger partial charge in [0, 0.05) is 17.9 Å². The summed E-state index contributed by atoms with van der Waals surface area (Å²) in [5.41, 5.74) is -0.556. The van der Waals surface area contributed by atoms with E-state index >= 15 is 0 Å². The third kappa shape index (κ3) is 8.68. The number of halogens is 1. The summed E-state index contributed by atoms with van der Waals surface area (Å²) in [6.45, 7) is 4.80. The van der Waals surface area contributed by atoms with Crippen molar-refractivity contribution in [2.24, 2.45) is 5.92 Å². The summed E-state index contributed by atoms with van der Waals surface area (Å²) < 4.78 is 10.9. The molecular formula is C27H40ClN5O5S. The van der Waals surface area contributed by atoms with Gasteiger partial charge >= 0.3 is 0 Å². The predicted octanol–water partition coefficient (Wildman–Crippen LogP) is 4.30. The van der Waals surface area contributed by atoms with Crippen molar-refractivity contribution in [3.63, 3.8) is 0 Å². The molecule has 0 bridgehead atoms. The van der Waals surface area contributed by atoms with Crippen LogP contribution in [0.3, 0.4) is 0 Å². The zero-order chi connectivity index (χ0) is 27.7. The Hall–Kier alpha value is -2.63. The number of hydrogen-bond donors (Lipinski definition) is 1. The smallest absolute Gasteiger partial charge is 0.286 e. The Balaban J connectivity index is 0.00000533. The number of carbonyl (C=O) groups excluding carboxylic acids is 3. The second kappa shape index (κ2) is 15.2. The second-order valence-electron chi connectivity index (χ2n) is 10.3. The minimum atomic E-state index is -1.00. The summed E-state index contributed by atoms with van der Waals surface area (Å²) >= 11 is 1.38. The van der Waals surface area contributed by atoms with Gasteiger partial charge in [0.1, 0.15) is 17.5 Å². The van der Waals surface area contributed by atoms with Crippen LogP contribution in [-0.2, 0) is 4.79 Å². The molecule has 3 rings (SSSR count). The molecule has 2 amide bonds. The number of ether oxygens (including phenoxy) is 1. The molecule has 0 aliphatic heterocycles. The van der Waals surface area contributed by atoms with Crippen LogP contribution in [0.1, 0.15) is 73.4 Å². The fraction of sp³-hybridized carbons (Fsp3) is 0.593. The van der Waals surface area contributed by atoms with Gasteiger partial charge in [0.05, 0.1) is 7.11 Å². The Morgan fingerprint density at radius 3 is 2.38 bits per heavy atom. The first-order chi connectivity index (χ1) is 18.2. The Morgan fingerprint density at radius 2 is 1.82 bits per heavy atom. The van der Waals surface area contributed by atoms with Crippen LogP contribution in [0.4, 0.5) is 0 Å². The van der Waals surface area contributed by atoms with E-state index in [0.29, 0.717) is 42.2 Å². The van der Waals surface area contributed by atoms with Crippen molar-refractivity contribution in [3.8, 4) is 5.75 Å². The molecule has 1 unspecified atom stereocenters. The van der Waals surface area contributed by atoms with E-state index in [-0.39, 0.29) is 30.1 Å². The summed E-state index contributed by atoms with van der Waals surface area (Å²) in [4.78, 5) is 43.3. The van der Waals surface area contributed by atoms with Gasteiger partial charge in [-0.25, -0.2) is 0 Å². The molecule has 1 N–H and O–H groups in total. The highest BCUT2D eigenvalue weighted by molar-refractivity contribution is 7.99. The number of amides is 2. The van der Waals surface area contributed by atoms with Crippen molar-refractivity contribution in [1.29, 1.82) is 0 Å². The van der Waals surface area contributed by atoms with E-state index < -0.39 is 17.5 Å². The normalized spacial score (nSPS) is 15.4. The molecule has 1 fully saturated rings. The second-order valence-corrected chi connectivity index (χ2v) is 11.4. The van der Waals surface area contributed by atoms with Crippen LogP contribution in [0.2, 0.25) is 0 Å². The number of aromatic nitrogens is 2. The van der Waals surface area contributed by atoms with Crippen LogP contribution in [0.5, 0.6) is 5.75 Å². The minimum absolute atomic E-state index is 0. The van der Waals surface area contributed by atoms with Gasteiger partial charge in [0.25, 0.3) is 17.0 Å². The lowest BCUT2D eigenvalue weighted by Gasteiger charge is -2.48. The van der Waals surface area contributed by atoms with Crippen molar-refractivity contribution in [3.05, 3.63) is 35.7 Å². The maximum atomic E-state index is 13.7. The third-order valence-electron chi connectivity index (χ3n) is 6.70. The van der Waals surface area contributed by atoms with E-state index in [1.807, 2.05) is 32.8 Å². The van der Waals surface area contributed by atoms with Gasteiger partial charge in [-0.3, -0.25) is 14.4 Å². The van der Waals surface area contributed by atoms with Crippen molar-refractivity contribution in [2.75, 3.05) is 33.5 Å². The van der Waals surface area contributed by atoms with Gasteiger partial charge in [0.2, 0.25) is 12.2 Å². The van der Waals surface area contributed by atoms with E-state index in [2.05, 4.69) is 15.5 Å². The molecule has 1 aromatic carbocycles. The average Bonchev–Trinajstić information content (AvgIpc) is 3.37.